The number of carbonyl (C=O) groups excluding carboxylic acids is 2. The van der Waals surface area contributed by atoms with Crippen molar-refractivity contribution in [3.8, 4) is 11.5 Å². The lowest BCUT2D eigenvalue weighted by Crippen LogP contribution is -2.27. The number of aldehydes is 2. The molecule has 0 spiro atoms. The second kappa shape index (κ2) is 15.7. The van der Waals surface area contributed by atoms with Gasteiger partial charge >= 0.3 is 7.60 Å². The van der Waals surface area contributed by atoms with Gasteiger partial charge in [-0.25, -0.2) is 0 Å². The largest absolute Gasteiger partial charge is 0.457 e. The van der Waals surface area contributed by atoms with Crippen LogP contribution in [0.5, 0.6) is 11.5 Å². The highest BCUT2D eigenvalue weighted by Gasteiger charge is 2.45. The molecule has 0 amide bonds. The first-order chi connectivity index (χ1) is 19.2. The fourth-order valence-corrected chi connectivity index (χ4v) is 6.93. The maximum atomic E-state index is 13.7. The van der Waals surface area contributed by atoms with Crippen molar-refractivity contribution in [1.29, 1.82) is 0 Å². The smallest absolute Gasteiger partial charge is 0.355 e. The predicted octanol–water partition coefficient (Wildman–Crippen LogP) is 5.64. The van der Waals surface area contributed by atoms with E-state index in [0.717, 1.165) is 5.56 Å². The van der Waals surface area contributed by atoms with E-state index in [2.05, 4.69) is 0 Å². The fraction of sp³-hybridized carbons (Fsp3) is 0.500. The van der Waals surface area contributed by atoms with Crippen molar-refractivity contribution in [2.24, 2.45) is 10.8 Å². The van der Waals surface area contributed by atoms with Crippen molar-refractivity contribution in [2.45, 2.75) is 51.9 Å². The molecule has 13 heteroatoms. The van der Waals surface area contributed by atoms with Crippen molar-refractivity contribution in [2.75, 3.05) is 26.8 Å². The van der Waals surface area contributed by atoms with Crippen LogP contribution in [0.3, 0.4) is 0 Å². The minimum atomic E-state index is -4.93. The molecule has 0 aromatic heterocycles. The topological polar surface area (TPSA) is 152 Å². The molecule has 0 heterocycles. The first kappa shape index (κ1) is 34.8. The highest BCUT2D eigenvalue weighted by Crippen LogP contribution is 2.56. The molecule has 0 unspecified atom stereocenters. The molecule has 0 saturated carbocycles. The standard InChI is InChI=1S/C28H39O11PS/c1-27(2,17-29)19-35-21-37-40(31,38-22-36-20-28(3,4)18-30)26(41(32,33)34)15-9-11-23-10-8-14-25(16-23)39-24-12-6-5-7-13-24/h5-8,10,12-14,16-18,26H,9,11,15,19-22H2,1-4H3,(H,32,33,34)/t26-/m0/s1. The Labute approximate surface area is 241 Å². The maximum Gasteiger partial charge on any atom is 0.355 e. The van der Waals surface area contributed by atoms with Gasteiger partial charge in [-0.15, -0.1) is 0 Å². The number of benzene rings is 2. The molecule has 0 bridgehead atoms. The van der Waals surface area contributed by atoms with Gasteiger partial charge < -0.3 is 23.8 Å². The van der Waals surface area contributed by atoms with E-state index in [1.54, 1.807) is 45.9 Å². The van der Waals surface area contributed by atoms with Gasteiger partial charge in [-0.2, -0.15) is 8.42 Å². The maximum absolute atomic E-state index is 13.7. The van der Waals surface area contributed by atoms with Crippen LogP contribution in [0.15, 0.2) is 54.6 Å². The normalized spacial score (nSPS) is 13.5. The molecule has 2 aromatic carbocycles. The number of hydrogen-bond acceptors (Lipinski definition) is 10. The number of para-hydroxylation sites is 1. The summed E-state index contributed by atoms with van der Waals surface area (Å²) in [4.78, 5) is 20.3. The van der Waals surface area contributed by atoms with Crippen LogP contribution >= 0.6 is 7.60 Å². The summed E-state index contributed by atoms with van der Waals surface area (Å²) in [5.41, 5.74) is -0.902. The second-order valence-corrected chi connectivity index (χ2v) is 15.0. The van der Waals surface area contributed by atoms with Crippen LogP contribution in [0.1, 0.15) is 46.1 Å². The molecule has 0 aliphatic rings. The first-order valence-electron chi connectivity index (χ1n) is 12.9. The highest BCUT2D eigenvalue weighted by atomic mass is 32.2. The summed E-state index contributed by atoms with van der Waals surface area (Å²) in [6.07, 6.45) is 1.62. The lowest BCUT2D eigenvalue weighted by atomic mass is 9.98. The lowest BCUT2D eigenvalue weighted by Gasteiger charge is -2.26. The van der Waals surface area contributed by atoms with Crippen molar-refractivity contribution < 1.29 is 50.4 Å². The van der Waals surface area contributed by atoms with Crippen LogP contribution in [-0.2, 0) is 49.2 Å². The van der Waals surface area contributed by atoms with E-state index in [4.69, 9.17) is 23.3 Å². The molecular formula is C28H39O11PS. The summed E-state index contributed by atoms with van der Waals surface area (Å²) in [5.74, 6) is 1.24. The highest BCUT2D eigenvalue weighted by molar-refractivity contribution is 7.94. The average Bonchev–Trinajstić information content (AvgIpc) is 2.92. The van der Waals surface area contributed by atoms with Gasteiger partial charge in [0.05, 0.1) is 13.2 Å². The third kappa shape index (κ3) is 12.5. The minimum Gasteiger partial charge on any atom is -0.457 e. The quantitative estimate of drug-likeness (QED) is 0.0648. The minimum absolute atomic E-state index is 0.0988. The molecule has 2 rings (SSSR count). The van der Waals surface area contributed by atoms with Crippen molar-refractivity contribution in [3.05, 3.63) is 60.2 Å². The number of rotatable bonds is 20. The number of ether oxygens (including phenoxy) is 3. The van der Waals surface area contributed by atoms with Gasteiger partial charge in [0, 0.05) is 10.8 Å². The molecule has 0 aliphatic carbocycles. The summed E-state index contributed by atoms with van der Waals surface area (Å²) >= 11 is 0. The summed E-state index contributed by atoms with van der Waals surface area (Å²) in [6.45, 7) is 4.91. The average molecular weight is 615 g/mol. The fourth-order valence-electron chi connectivity index (χ4n) is 3.44. The lowest BCUT2D eigenvalue weighted by molar-refractivity contribution is -0.120. The first-order valence-corrected chi connectivity index (χ1v) is 16.1. The molecule has 11 nitrogen and oxygen atoms in total. The van der Waals surface area contributed by atoms with E-state index in [0.29, 0.717) is 30.5 Å². The van der Waals surface area contributed by atoms with Gasteiger partial charge in [0.1, 0.15) is 24.1 Å². The van der Waals surface area contributed by atoms with Gasteiger partial charge in [-0.05, 0) is 49.1 Å². The second-order valence-electron chi connectivity index (χ2n) is 10.9. The molecule has 1 N–H and O–H groups in total. The zero-order valence-corrected chi connectivity index (χ0v) is 25.5. The van der Waals surface area contributed by atoms with Crippen molar-refractivity contribution in [1.82, 2.24) is 0 Å². The molecule has 41 heavy (non-hydrogen) atoms. The van der Waals surface area contributed by atoms with E-state index in [1.807, 2.05) is 36.4 Å². The Kier molecular flexibility index (Phi) is 13.3. The molecule has 0 aliphatic heterocycles. The van der Waals surface area contributed by atoms with Crippen molar-refractivity contribution in [3.63, 3.8) is 0 Å². The summed E-state index contributed by atoms with van der Waals surface area (Å²) in [6, 6.07) is 16.4. The van der Waals surface area contributed by atoms with Gasteiger partial charge in [0.2, 0.25) is 0 Å². The Morgan fingerprint density at radius 2 is 1.39 bits per heavy atom. The van der Waals surface area contributed by atoms with E-state index in [-0.39, 0.29) is 26.1 Å². The Balaban J connectivity index is 2.12. The Morgan fingerprint density at radius 1 is 0.854 bits per heavy atom. The third-order valence-corrected chi connectivity index (χ3v) is 10.1. The van der Waals surface area contributed by atoms with Crippen LogP contribution in [0.25, 0.3) is 0 Å². The Hall–Kier alpha value is -2.44. The zero-order chi connectivity index (χ0) is 30.6. The van der Waals surface area contributed by atoms with Gasteiger partial charge in [0.25, 0.3) is 10.1 Å². The number of hydrogen-bond donors (Lipinski definition) is 1. The van der Waals surface area contributed by atoms with E-state index in [9.17, 15) is 27.1 Å². The van der Waals surface area contributed by atoms with Crippen LogP contribution in [0.4, 0.5) is 0 Å². The summed E-state index contributed by atoms with van der Waals surface area (Å²) in [5, 5.41) is 0. The molecule has 0 fully saturated rings. The van der Waals surface area contributed by atoms with Gasteiger partial charge in [-0.3, -0.25) is 18.2 Å². The molecule has 1 atom stereocenters. The van der Waals surface area contributed by atoms with Crippen LogP contribution in [0, 0.1) is 10.8 Å². The molecule has 0 radical (unpaired) electrons. The van der Waals surface area contributed by atoms with E-state index >= 15 is 0 Å². The zero-order valence-electron chi connectivity index (χ0n) is 23.8. The number of aryl methyl sites for hydroxylation is 1. The summed E-state index contributed by atoms with van der Waals surface area (Å²) < 4.78 is 75.5. The molecular weight excluding hydrogens is 575 g/mol. The van der Waals surface area contributed by atoms with Gasteiger partial charge in [0.15, 0.2) is 18.6 Å². The Morgan fingerprint density at radius 3 is 1.90 bits per heavy atom. The molecule has 2 aromatic rings. The number of carbonyl (C=O) groups is 2. The van der Waals surface area contributed by atoms with E-state index < -0.39 is 47.1 Å². The van der Waals surface area contributed by atoms with Gasteiger partial charge in [-0.1, -0.05) is 58.0 Å². The van der Waals surface area contributed by atoms with Crippen LogP contribution < -0.4 is 4.74 Å². The molecule has 228 valence electrons. The molecule has 0 saturated heterocycles. The summed E-state index contributed by atoms with van der Waals surface area (Å²) in [7, 11) is -9.53. The third-order valence-electron chi connectivity index (χ3n) is 5.71. The Bertz CT molecular complexity index is 1230. The predicted molar refractivity (Wildman–Crippen MR) is 152 cm³/mol. The SMILES string of the molecule is CC(C)(C=O)COCOP(=O)(OCOCC(C)(C)C=O)[C@H](CCCc1cccc(Oc2ccccc2)c1)S(=O)(=O)O. The van der Waals surface area contributed by atoms with Crippen LogP contribution in [0.2, 0.25) is 0 Å². The van der Waals surface area contributed by atoms with E-state index in [1.165, 1.54) is 0 Å². The van der Waals surface area contributed by atoms with Crippen LogP contribution in [-0.4, -0.2) is 57.3 Å². The van der Waals surface area contributed by atoms with Crippen molar-refractivity contribution >= 4 is 30.3 Å². The monoisotopic (exact) mass is 614 g/mol.